The number of aromatic carboxylic acids is 1. The Labute approximate surface area is 93.4 Å². The molecule has 15 heavy (non-hydrogen) atoms. The predicted molar refractivity (Wildman–Crippen MR) is 60.6 cm³/mol. The van der Waals surface area contributed by atoms with Gasteiger partial charge < -0.3 is 10.4 Å². The van der Waals surface area contributed by atoms with Crippen LogP contribution in [0.3, 0.4) is 0 Å². The fraction of sp³-hybridized carbons (Fsp3) is 0.600. The molecule has 0 saturated carbocycles. The van der Waals surface area contributed by atoms with Gasteiger partial charge in [-0.1, -0.05) is 13.3 Å². The van der Waals surface area contributed by atoms with Gasteiger partial charge in [0.1, 0.15) is 0 Å². The van der Waals surface area contributed by atoms with Gasteiger partial charge in [-0.05, 0) is 13.0 Å². The maximum atomic E-state index is 10.6. The van der Waals surface area contributed by atoms with Crippen LogP contribution >= 0.6 is 11.3 Å². The van der Waals surface area contributed by atoms with Crippen molar-refractivity contribution in [2.75, 3.05) is 13.1 Å². The first-order valence-corrected chi connectivity index (χ1v) is 6.00. The van der Waals surface area contributed by atoms with Crippen LogP contribution < -0.4 is 5.32 Å². The highest BCUT2D eigenvalue weighted by atomic mass is 32.1. The van der Waals surface area contributed by atoms with E-state index in [1.165, 1.54) is 24.2 Å². The lowest BCUT2D eigenvalue weighted by Gasteiger charge is -2.00. The summed E-state index contributed by atoms with van der Waals surface area (Å²) in [5.41, 5.74) is 0.156. The number of nitrogens with one attached hydrogen (secondary N) is 1. The molecule has 0 aliphatic carbocycles. The minimum Gasteiger partial charge on any atom is -0.476 e. The third kappa shape index (κ3) is 4.40. The fourth-order valence-electron chi connectivity index (χ4n) is 1.15. The minimum atomic E-state index is -0.948. The highest BCUT2D eigenvalue weighted by molar-refractivity contribution is 7.09. The van der Waals surface area contributed by atoms with Crippen molar-refractivity contribution in [2.45, 2.75) is 26.2 Å². The van der Waals surface area contributed by atoms with E-state index in [1.54, 1.807) is 5.38 Å². The first-order chi connectivity index (χ1) is 7.24. The van der Waals surface area contributed by atoms with E-state index in [9.17, 15) is 4.79 Å². The molecule has 2 N–H and O–H groups in total. The van der Waals surface area contributed by atoms with Gasteiger partial charge in [0.2, 0.25) is 0 Å². The number of carbonyl (C=O) groups is 1. The van der Waals surface area contributed by atoms with Crippen LogP contribution in [0.1, 0.15) is 35.3 Å². The Morgan fingerprint density at radius 3 is 3.00 bits per heavy atom. The zero-order valence-corrected chi connectivity index (χ0v) is 9.64. The number of nitrogens with zero attached hydrogens (tertiary/aromatic N) is 1. The Bertz CT molecular complexity index is 312. The lowest BCUT2D eigenvalue weighted by atomic mass is 10.3. The SMILES string of the molecule is CCCCNCCc1nc(C(=O)O)cs1. The summed E-state index contributed by atoms with van der Waals surface area (Å²) >= 11 is 1.41. The van der Waals surface area contributed by atoms with Crippen molar-refractivity contribution in [3.63, 3.8) is 0 Å². The second-order valence-electron chi connectivity index (χ2n) is 3.29. The van der Waals surface area contributed by atoms with Crippen molar-refractivity contribution >= 4 is 17.3 Å². The second kappa shape index (κ2) is 6.53. The molecule has 1 aromatic heterocycles. The first kappa shape index (κ1) is 12.1. The average Bonchev–Trinajstić information content (AvgIpc) is 2.66. The molecule has 0 fully saturated rings. The number of unbranched alkanes of at least 4 members (excludes halogenated alkanes) is 1. The molecule has 1 heterocycles. The van der Waals surface area contributed by atoms with Crippen LogP contribution in [-0.2, 0) is 6.42 Å². The molecule has 0 saturated heterocycles. The summed E-state index contributed by atoms with van der Waals surface area (Å²) in [5, 5.41) is 14.4. The van der Waals surface area contributed by atoms with Crippen molar-refractivity contribution in [3.05, 3.63) is 16.1 Å². The van der Waals surface area contributed by atoms with E-state index < -0.39 is 5.97 Å². The van der Waals surface area contributed by atoms with Gasteiger partial charge in [-0.3, -0.25) is 0 Å². The number of aromatic nitrogens is 1. The van der Waals surface area contributed by atoms with Crippen LogP contribution in [0, 0.1) is 0 Å². The quantitative estimate of drug-likeness (QED) is 0.698. The van der Waals surface area contributed by atoms with Gasteiger partial charge in [0, 0.05) is 18.3 Å². The molecule has 0 aliphatic rings. The van der Waals surface area contributed by atoms with E-state index in [0.717, 1.165) is 24.5 Å². The Hall–Kier alpha value is -0.940. The van der Waals surface area contributed by atoms with E-state index in [2.05, 4.69) is 17.2 Å². The Kier molecular flexibility index (Phi) is 5.28. The summed E-state index contributed by atoms with van der Waals surface area (Å²) in [6.07, 6.45) is 3.17. The van der Waals surface area contributed by atoms with Crippen LogP contribution in [0.5, 0.6) is 0 Å². The Morgan fingerprint density at radius 1 is 1.60 bits per heavy atom. The molecular formula is C10H16N2O2S. The summed E-state index contributed by atoms with van der Waals surface area (Å²) < 4.78 is 0. The number of hydrogen-bond donors (Lipinski definition) is 2. The summed E-state index contributed by atoms with van der Waals surface area (Å²) in [5.74, 6) is -0.948. The van der Waals surface area contributed by atoms with Gasteiger partial charge in [0.15, 0.2) is 5.69 Å². The van der Waals surface area contributed by atoms with Crippen LogP contribution in [0.25, 0.3) is 0 Å². The smallest absolute Gasteiger partial charge is 0.355 e. The lowest BCUT2D eigenvalue weighted by Crippen LogP contribution is -2.18. The number of carboxylic acids is 1. The third-order valence-corrected chi connectivity index (χ3v) is 2.90. The Morgan fingerprint density at radius 2 is 2.40 bits per heavy atom. The van der Waals surface area contributed by atoms with Gasteiger partial charge in [-0.15, -0.1) is 11.3 Å². The predicted octanol–water partition coefficient (Wildman–Crippen LogP) is 1.77. The van der Waals surface area contributed by atoms with E-state index in [0.29, 0.717) is 0 Å². The van der Waals surface area contributed by atoms with E-state index in [-0.39, 0.29) is 5.69 Å². The molecule has 1 rings (SSSR count). The van der Waals surface area contributed by atoms with Crippen LogP contribution in [-0.4, -0.2) is 29.1 Å². The number of carboxylic acid groups (broad SMARTS) is 1. The van der Waals surface area contributed by atoms with Gasteiger partial charge in [0.25, 0.3) is 0 Å². The zero-order valence-electron chi connectivity index (χ0n) is 8.82. The van der Waals surface area contributed by atoms with Gasteiger partial charge in [0.05, 0.1) is 5.01 Å². The molecule has 0 radical (unpaired) electrons. The molecule has 0 aliphatic heterocycles. The standard InChI is InChI=1S/C10H16N2O2S/c1-2-3-5-11-6-4-9-12-8(7-15-9)10(13)14/h7,11H,2-6H2,1H3,(H,13,14). The lowest BCUT2D eigenvalue weighted by molar-refractivity contribution is 0.0691. The van der Waals surface area contributed by atoms with Gasteiger partial charge >= 0.3 is 5.97 Å². The van der Waals surface area contributed by atoms with Crippen LogP contribution in [0.2, 0.25) is 0 Å². The second-order valence-corrected chi connectivity index (χ2v) is 4.23. The summed E-state index contributed by atoms with van der Waals surface area (Å²) in [6, 6.07) is 0. The van der Waals surface area contributed by atoms with E-state index in [1.807, 2.05) is 0 Å². The molecule has 0 atom stereocenters. The van der Waals surface area contributed by atoms with Crippen molar-refractivity contribution in [1.29, 1.82) is 0 Å². The first-order valence-electron chi connectivity index (χ1n) is 5.12. The molecule has 0 unspecified atom stereocenters. The normalized spacial score (nSPS) is 10.5. The highest BCUT2D eigenvalue weighted by Gasteiger charge is 2.07. The molecule has 0 spiro atoms. The summed E-state index contributed by atoms with van der Waals surface area (Å²) in [4.78, 5) is 14.6. The van der Waals surface area contributed by atoms with E-state index in [4.69, 9.17) is 5.11 Å². The number of hydrogen-bond acceptors (Lipinski definition) is 4. The van der Waals surface area contributed by atoms with Crippen LogP contribution in [0.15, 0.2) is 5.38 Å². The maximum absolute atomic E-state index is 10.6. The molecule has 0 bridgehead atoms. The molecule has 1 aromatic rings. The average molecular weight is 228 g/mol. The summed E-state index contributed by atoms with van der Waals surface area (Å²) in [6.45, 7) is 4.04. The molecule has 5 heteroatoms. The van der Waals surface area contributed by atoms with Crippen molar-refractivity contribution in [1.82, 2.24) is 10.3 Å². The third-order valence-electron chi connectivity index (χ3n) is 1.99. The maximum Gasteiger partial charge on any atom is 0.355 e. The largest absolute Gasteiger partial charge is 0.476 e. The van der Waals surface area contributed by atoms with Crippen molar-refractivity contribution in [3.8, 4) is 0 Å². The molecule has 84 valence electrons. The van der Waals surface area contributed by atoms with Crippen molar-refractivity contribution < 1.29 is 9.90 Å². The van der Waals surface area contributed by atoms with E-state index >= 15 is 0 Å². The number of rotatable bonds is 7. The molecule has 4 nitrogen and oxygen atoms in total. The molecule has 0 amide bonds. The Balaban J connectivity index is 2.23. The number of thiazole rings is 1. The molecule has 0 aromatic carbocycles. The van der Waals surface area contributed by atoms with Crippen molar-refractivity contribution in [2.24, 2.45) is 0 Å². The monoisotopic (exact) mass is 228 g/mol. The summed E-state index contributed by atoms with van der Waals surface area (Å²) in [7, 11) is 0. The minimum absolute atomic E-state index is 0.156. The van der Waals surface area contributed by atoms with Crippen LogP contribution in [0.4, 0.5) is 0 Å². The zero-order chi connectivity index (χ0) is 11.1. The van der Waals surface area contributed by atoms with Gasteiger partial charge in [-0.2, -0.15) is 0 Å². The fourth-order valence-corrected chi connectivity index (χ4v) is 1.92. The van der Waals surface area contributed by atoms with Gasteiger partial charge in [-0.25, -0.2) is 9.78 Å². The highest BCUT2D eigenvalue weighted by Crippen LogP contribution is 2.09. The molecular weight excluding hydrogens is 212 g/mol. The topological polar surface area (TPSA) is 62.2 Å².